The van der Waals surface area contributed by atoms with Gasteiger partial charge in [-0.3, -0.25) is 0 Å². The third kappa shape index (κ3) is 2.99. The van der Waals surface area contributed by atoms with Crippen molar-refractivity contribution in [3.05, 3.63) is 38.5 Å². The normalized spacial score (nSPS) is 8.75. The van der Waals surface area contributed by atoms with Gasteiger partial charge in [-0.25, -0.2) is 0 Å². The molecule has 3 N–H and O–H groups in total. The summed E-state index contributed by atoms with van der Waals surface area (Å²) >= 11 is 6.65. The molecule has 0 amide bonds. The van der Waals surface area contributed by atoms with Crippen molar-refractivity contribution in [2.75, 3.05) is 5.32 Å². The van der Waals surface area contributed by atoms with E-state index >= 15 is 0 Å². The molecule has 1 aromatic carbocycles. The topological polar surface area (TPSA) is 85.6 Å². The number of allylic oxidation sites excluding steroid dienone is 1. The Kier molecular flexibility index (Phi) is 4.36. The quantitative estimate of drug-likeness (QED) is 0.810. The lowest BCUT2D eigenvalue weighted by Crippen LogP contribution is -2.12. The molecule has 0 bridgehead atoms. The second-order valence-corrected chi connectivity index (χ2v) is 4.53. The molecule has 0 aliphatic rings. The first-order chi connectivity index (χ1) is 7.58. The van der Waals surface area contributed by atoms with E-state index in [1.54, 1.807) is 18.2 Å². The lowest BCUT2D eigenvalue weighted by atomic mass is 10.3. The summed E-state index contributed by atoms with van der Waals surface area (Å²) in [4.78, 5) is 0. The third-order valence-corrected chi connectivity index (χ3v) is 2.84. The van der Waals surface area contributed by atoms with E-state index in [0.29, 0.717) is 5.69 Å². The standard InChI is InChI=1S/C10H6Br2N4/c11-7-1-2-9(8(12)3-7)16-10(15)6(4-13)5-14/h1-3,16H,15H2. The summed E-state index contributed by atoms with van der Waals surface area (Å²) in [7, 11) is 0. The number of nitrogens with two attached hydrogens (primary N) is 1. The summed E-state index contributed by atoms with van der Waals surface area (Å²) in [6, 6.07) is 8.83. The Morgan fingerprint density at radius 1 is 1.25 bits per heavy atom. The maximum absolute atomic E-state index is 8.62. The van der Waals surface area contributed by atoms with Gasteiger partial charge in [0.05, 0.1) is 5.69 Å². The van der Waals surface area contributed by atoms with Crippen molar-refractivity contribution < 1.29 is 0 Å². The number of halogens is 2. The van der Waals surface area contributed by atoms with Crippen molar-refractivity contribution in [1.29, 1.82) is 10.5 Å². The highest BCUT2D eigenvalue weighted by Gasteiger charge is 2.05. The highest BCUT2D eigenvalue weighted by Crippen LogP contribution is 2.26. The van der Waals surface area contributed by atoms with E-state index in [4.69, 9.17) is 16.3 Å². The predicted octanol–water partition coefficient (Wildman–Crippen LogP) is 2.84. The average Bonchev–Trinajstić information content (AvgIpc) is 2.24. The summed E-state index contributed by atoms with van der Waals surface area (Å²) in [6.45, 7) is 0. The van der Waals surface area contributed by atoms with Gasteiger partial charge in [0.15, 0.2) is 5.57 Å². The highest BCUT2D eigenvalue weighted by molar-refractivity contribution is 9.11. The molecule has 6 heteroatoms. The molecule has 0 radical (unpaired) electrons. The molecule has 80 valence electrons. The molecule has 1 aromatic rings. The van der Waals surface area contributed by atoms with Gasteiger partial charge in [-0.2, -0.15) is 10.5 Å². The lowest BCUT2D eigenvalue weighted by Gasteiger charge is -2.08. The fourth-order valence-electron chi connectivity index (χ4n) is 0.944. The number of rotatable bonds is 2. The van der Waals surface area contributed by atoms with E-state index in [1.165, 1.54) is 0 Å². The van der Waals surface area contributed by atoms with E-state index in [0.717, 1.165) is 8.95 Å². The van der Waals surface area contributed by atoms with Crippen molar-refractivity contribution in [1.82, 2.24) is 0 Å². The van der Waals surface area contributed by atoms with Gasteiger partial charge in [-0.1, -0.05) is 15.9 Å². The van der Waals surface area contributed by atoms with Crippen LogP contribution in [0.3, 0.4) is 0 Å². The van der Waals surface area contributed by atoms with Gasteiger partial charge in [-0.15, -0.1) is 0 Å². The molecule has 0 spiro atoms. The molecule has 0 saturated carbocycles. The Morgan fingerprint density at radius 2 is 1.88 bits per heavy atom. The average molecular weight is 342 g/mol. The second-order valence-electron chi connectivity index (χ2n) is 2.76. The maximum atomic E-state index is 8.62. The molecule has 0 aliphatic carbocycles. The van der Waals surface area contributed by atoms with Crippen LogP contribution in [0.2, 0.25) is 0 Å². The van der Waals surface area contributed by atoms with Gasteiger partial charge in [-0.05, 0) is 34.1 Å². The molecular formula is C10H6Br2N4. The van der Waals surface area contributed by atoms with Crippen molar-refractivity contribution in [2.45, 2.75) is 0 Å². The Balaban J connectivity index is 3.04. The van der Waals surface area contributed by atoms with E-state index in [1.807, 2.05) is 12.1 Å². The minimum atomic E-state index is -0.144. The summed E-state index contributed by atoms with van der Waals surface area (Å²) in [5.41, 5.74) is 6.11. The molecule has 0 saturated heterocycles. The molecule has 0 unspecified atom stereocenters. The van der Waals surface area contributed by atoms with Gasteiger partial charge in [0.1, 0.15) is 18.0 Å². The molecule has 0 aliphatic heterocycles. The SMILES string of the molecule is N#CC(C#N)=C(N)Nc1ccc(Br)cc1Br. The number of hydrogen-bond donors (Lipinski definition) is 2. The number of benzene rings is 1. The Bertz CT molecular complexity index is 507. The van der Waals surface area contributed by atoms with Crippen LogP contribution in [0, 0.1) is 22.7 Å². The first kappa shape index (κ1) is 12.6. The minimum Gasteiger partial charge on any atom is -0.384 e. The zero-order chi connectivity index (χ0) is 12.1. The number of nitrogens with zero attached hydrogens (tertiary/aromatic N) is 2. The van der Waals surface area contributed by atoms with Crippen LogP contribution >= 0.6 is 31.9 Å². The van der Waals surface area contributed by atoms with Crippen molar-refractivity contribution >= 4 is 37.5 Å². The van der Waals surface area contributed by atoms with Crippen LogP contribution in [-0.4, -0.2) is 0 Å². The number of nitrogens with one attached hydrogen (secondary N) is 1. The summed E-state index contributed by atoms with van der Waals surface area (Å²) in [5.74, 6) is 0.0352. The van der Waals surface area contributed by atoms with Crippen LogP contribution in [0.15, 0.2) is 38.5 Å². The van der Waals surface area contributed by atoms with Crippen LogP contribution in [0.25, 0.3) is 0 Å². The molecule has 1 rings (SSSR count). The van der Waals surface area contributed by atoms with Crippen LogP contribution in [0.1, 0.15) is 0 Å². The van der Waals surface area contributed by atoms with Crippen LogP contribution in [0.5, 0.6) is 0 Å². The second kappa shape index (κ2) is 5.55. The van der Waals surface area contributed by atoms with E-state index in [2.05, 4.69) is 37.2 Å². The van der Waals surface area contributed by atoms with E-state index in [-0.39, 0.29) is 11.4 Å². The molecule has 0 heterocycles. The predicted molar refractivity (Wildman–Crippen MR) is 67.9 cm³/mol. The van der Waals surface area contributed by atoms with E-state index in [9.17, 15) is 0 Å². The summed E-state index contributed by atoms with van der Waals surface area (Å²) in [5, 5.41) is 20.0. The monoisotopic (exact) mass is 340 g/mol. The minimum absolute atomic E-state index is 0.0352. The lowest BCUT2D eigenvalue weighted by molar-refractivity contribution is 1.26. The molecule has 0 aromatic heterocycles. The summed E-state index contributed by atoms with van der Waals surface area (Å²) < 4.78 is 1.69. The fraction of sp³-hybridized carbons (Fsp3) is 0. The Hall–Kier alpha value is -1.50. The first-order valence-electron chi connectivity index (χ1n) is 4.10. The Morgan fingerprint density at radius 3 is 2.38 bits per heavy atom. The number of nitriles is 2. The van der Waals surface area contributed by atoms with Crippen LogP contribution in [-0.2, 0) is 0 Å². The largest absolute Gasteiger partial charge is 0.384 e. The molecule has 4 nitrogen and oxygen atoms in total. The number of hydrogen-bond acceptors (Lipinski definition) is 4. The summed E-state index contributed by atoms with van der Waals surface area (Å²) in [6.07, 6.45) is 0. The molecule has 0 atom stereocenters. The van der Waals surface area contributed by atoms with Crippen molar-refractivity contribution in [3.8, 4) is 12.1 Å². The van der Waals surface area contributed by atoms with E-state index < -0.39 is 0 Å². The smallest absolute Gasteiger partial charge is 0.169 e. The zero-order valence-corrected chi connectivity index (χ0v) is 11.1. The first-order valence-corrected chi connectivity index (χ1v) is 5.69. The molecule has 0 fully saturated rings. The fourth-order valence-corrected chi connectivity index (χ4v) is 2.09. The Labute approximate surface area is 110 Å². The van der Waals surface area contributed by atoms with Gasteiger partial charge in [0.25, 0.3) is 0 Å². The van der Waals surface area contributed by atoms with Crippen LogP contribution < -0.4 is 11.1 Å². The van der Waals surface area contributed by atoms with Gasteiger partial charge in [0, 0.05) is 8.95 Å². The van der Waals surface area contributed by atoms with Gasteiger partial charge in [0.2, 0.25) is 0 Å². The third-order valence-electron chi connectivity index (χ3n) is 1.69. The maximum Gasteiger partial charge on any atom is 0.169 e. The zero-order valence-electron chi connectivity index (χ0n) is 7.96. The molecule has 16 heavy (non-hydrogen) atoms. The molecular weight excluding hydrogens is 336 g/mol. The number of anilines is 1. The van der Waals surface area contributed by atoms with Crippen molar-refractivity contribution in [2.24, 2.45) is 5.73 Å². The highest BCUT2D eigenvalue weighted by atomic mass is 79.9. The van der Waals surface area contributed by atoms with Crippen molar-refractivity contribution in [3.63, 3.8) is 0 Å². The van der Waals surface area contributed by atoms with Crippen LogP contribution in [0.4, 0.5) is 5.69 Å². The van der Waals surface area contributed by atoms with Gasteiger partial charge < -0.3 is 11.1 Å². The van der Waals surface area contributed by atoms with Gasteiger partial charge >= 0.3 is 0 Å².